The smallest absolute Gasteiger partial charge is 0.274 e. The van der Waals surface area contributed by atoms with Crippen molar-refractivity contribution in [3.05, 3.63) is 47.9 Å². The van der Waals surface area contributed by atoms with Gasteiger partial charge in [0, 0.05) is 19.3 Å². The Hall–Kier alpha value is -2.22. The van der Waals surface area contributed by atoms with Crippen molar-refractivity contribution in [2.75, 3.05) is 13.1 Å². The van der Waals surface area contributed by atoms with Crippen LogP contribution in [0.4, 0.5) is 0 Å². The molecule has 8 heteroatoms. The third-order valence-corrected chi connectivity index (χ3v) is 6.33. The minimum atomic E-state index is -3.29. The monoisotopic (exact) mass is 349 g/mol. The number of aromatic nitrogens is 2. The van der Waals surface area contributed by atoms with E-state index in [9.17, 15) is 13.2 Å². The van der Waals surface area contributed by atoms with Crippen molar-refractivity contribution < 1.29 is 17.6 Å². The first-order valence-corrected chi connectivity index (χ1v) is 9.49. The molecule has 128 valence electrons. The number of nitrogens with zero attached hydrogens (tertiary/aromatic N) is 3. The van der Waals surface area contributed by atoms with E-state index < -0.39 is 15.1 Å². The minimum Gasteiger partial charge on any atom is -0.468 e. The maximum absolute atomic E-state index is 12.5. The molecule has 0 aromatic carbocycles. The molecular weight excluding hydrogens is 330 g/mol. The van der Waals surface area contributed by atoms with E-state index in [-0.39, 0.29) is 17.4 Å². The number of piperidine rings is 1. The topological polar surface area (TPSA) is 93.4 Å². The lowest BCUT2D eigenvalue weighted by Crippen LogP contribution is -2.43. The van der Waals surface area contributed by atoms with E-state index in [1.165, 1.54) is 12.5 Å². The molecule has 1 amide bonds. The largest absolute Gasteiger partial charge is 0.468 e. The van der Waals surface area contributed by atoms with Crippen LogP contribution in [0.5, 0.6) is 0 Å². The molecule has 1 aliphatic heterocycles. The highest BCUT2D eigenvalue weighted by molar-refractivity contribution is 7.91. The van der Waals surface area contributed by atoms with Gasteiger partial charge in [0.1, 0.15) is 17.2 Å². The first-order valence-electron chi connectivity index (χ1n) is 7.77. The highest BCUT2D eigenvalue weighted by Crippen LogP contribution is 2.22. The summed E-state index contributed by atoms with van der Waals surface area (Å²) in [5.41, 5.74) is 1.03. The molecule has 0 saturated carbocycles. The normalized spacial score (nSPS) is 16.3. The SMILES string of the molecule is Cc1cnc(C(=O)N2CCC(S(=O)(=O)Cc3ccco3)CC2)cn1. The Bertz CT molecular complexity index is 792. The highest BCUT2D eigenvalue weighted by Gasteiger charge is 2.32. The molecule has 2 aromatic rings. The molecule has 3 rings (SSSR count). The molecule has 7 nitrogen and oxygen atoms in total. The predicted molar refractivity (Wildman–Crippen MR) is 87.0 cm³/mol. The van der Waals surface area contributed by atoms with Gasteiger partial charge in [0.15, 0.2) is 9.84 Å². The summed E-state index contributed by atoms with van der Waals surface area (Å²) in [5, 5.41) is -0.448. The van der Waals surface area contributed by atoms with Crippen molar-refractivity contribution in [1.82, 2.24) is 14.9 Å². The molecule has 1 fully saturated rings. The summed E-state index contributed by atoms with van der Waals surface area (Å²) >= 11 is 0. The Labute approximate surface area is 140 Å². The number of hydrogen-bond acceptors (Lipinski definition) is 6. The molecule has 2 aromatic heterocycles. The van der Waals surface area contributed by atoms with Gasteiger partial charge < -0.3 is 9.32 Å². The first-order chi connectivity index (χ1) is 11.5. The van der Waals surface area contributed by atoms with Gasteiger partial charge in [-0.3, -0.25) is 9.78 Å². The van der Waals surface area contributed by atoms with Crippen LogP contribution in [0.1, 0.15) is 34.8 Å². The maximum atomic E-state index is 12.5. The second-order valence-corrected chi connectivity index (χ2v) is 8.20. The molecule has 0 unspecified atom stereocenters. The zero-order chi connectivity index (χ0) is 17.2. The number of sulfone groups is 1. The molecule has 0 N–H and O–H groups in total. The molecule has 0 radical (unpaired) electrons. The number of hydrogen-bond donors (Lipinski definition) is 0. The van der Waals surface area contributed by atoms with Gasteiger partial charge in [0.2, 0.25) is 0 Å². The van der Waals surface area contributed by atoms with E-state index in [4.69, 9.17) is 4.42 Å². The third-order valence-electron chi connectivity index (χ3n) is 4.16. The van der Waals surface area contributed by atoms with Gasteiger partial charge >= 0.3 is 0 Å². The Morgan fingerprint density at radius 1 is 1.29 bits per heavy atom. The number of furan rings is 1. The van der Waals surface area contributed by atoms with Crippen LogP contribution in [0.15, 0.2) is 35.2 Å². The molecule has 1 saturated heterocycles. The number of carbonyl (C=O) groups is 1. The van der Waals surface area contributed by atoms with E-state index in [0.717, 1.165) is 5.69 Å². The Morgan fingerprint density at radius 2 is 2.04 bits per heavy atom. The number of likely N-dealkylation sites (tertiary alicyclic amines) is 1. The van der Waals surface area contributed by atoms with E-state index in [0.29, 0.717) is 31.7 Å². The summed E-state index contributed by atoms with van der Waals surface area (Å²) in [4.78, 5) is 22.2. The molecule has 0 spiro atoms. The van der Waals surface area contributed by atoms with Gasteiger partial charge in [-0.25, -0.2) is 13.4 Å². The lowest BCUT2D eigenvalue weighted by atomic mass is 10.1. The summed E-state index contributed by atoms with van der Waals surface area (Å²) in [5.74, 6) is 0.148. The third kappa shape index (κ3) is 3.64. The van der Waals surface area contributed by atoms with Gasteiger partial charge in [-0.15, -0.1) is 0 Å². The van der Waals surface area contributed by atoms with Crippen molar-refractivity contribution in [3.63, 3.8) is 0 Å². The van der Waals surface area contributed by atoms with E-state index in [1.54, 1.807) is 30.2 Å². The van der Waals surface area contributed by atoms with Crippen molar-refractivity contribution in [2.45, 2.75) is 30.8 Å². The van der Waals surface area contributed by atoms with Crippen LogP contribution in [-0.4, -0.2) is 47.5 Å². The van der Waals surface area contributed by atoms with E-state index in [1.807, 2.05) is 0 Å². The highest BCUT2D eigenvalue weighted by atomic mass is 32.2. The fraction of sp³-hybridized carbons (Fsp3) is 0.438. The van der Waals surface area contributed by atoms with Crippen LogP contribution in [0.25, 0.3) is 0 Å². The fourth-order valence-corrected chi connectivity index (χ4v) is 4.52. The quantitative estimate of drug-likeness (QED) is 0.832. The first kappa shape index (κ1) is 16.6. The summed E-state index contributed by atoms with van der Waals surface area (Å²) in [6.07, 6.45) is 5.32. The molecule has 3 heterocycles. The number of rotatable bonds is 4. The second kappa shape index (κ2) is 6.72. The fourth-order valence-electron chi connectivity index (χ4n) is 2.79. The van der Waals surface area contributed by atoms with Gasteiger partial charge in [-0.05, 0) is 31.9 Å². The molecule has 0 bridgehead atoms. The van der Waals surface area contributed by atoms with Gasteiger partial charge in [-0.2, -0.15) is 0 Å². The summed E-state index contributed by atoms with van der Waals surface area (Å²) in [7, 11) is -3.29. The molecular formula is C16H19N3O4S. The standard InChI is InChI=1S/C16H19N3O4S/c1-12-9-18-15(10-17-12)16(20)19-6-4-14(5-7-19)24(21,22)11-13-3-2-8-23-13/h2-3,8-10,14H,4-7,11H2,1H3. The molecule has 0 atom stereocenters. The summed E-state index contributed by atoms with van der Waals surface area (Å²) in [6.45, 7) is 2.60. The molecule has 1 aliphatic rings. The van der Waals surface area contributed by atoms with Gasteiger partial charge in [0.25, 0.3) is 5.91 Å². The average molecular weight is 349 g/mol. The molecule has 24 heavy (non-hydrogen) atoms. The minimum absolute atomic E-state index is 0.0952. The maximum Gasteiger partial charge on any atom is 0.274 e. The summed E-state index contributed by atoms with van der Waals surface area (Å²) < 4.78 is 30.0. The summed E-state index contributed by atoms with van der Waals surface area (Å²) in [6, 6.07) is 3.33. The zero-order valence-electron chi connectivity index (χ0n) is 13.4. The van der Waals surface area contributed by atoms with Crippen LogP contribution in [0.2, 0.25) is 0 Å². The van der Waals surface area contributed by atoms with Gasteiger partial charge in [-0.1, -0.05) is 0 Å². The Balaban J connectivity index is 1.61. The number of aryl methyl sites for hydroxylation is 1. The lowest BCUT2D eigenvalue weighted by molar-refractivity contribution is 0.0719. The van der Waals surface area contributed by atoms with Crippen molar-refractivity contribution in [3.8, 4) is 0 Å². The van der Waals surface area contributed by atoms with Crippen LogP contribution in [-0.2, 0) is 15.6 Å². The number of carbonyl (C=O) groups excluding carboxylic acids is 1. The molecule has 0 aliphatic carbocycles. The van der Waals surface area contributed by atoms with Crippen molar-refractivity contribution >= 4 is 15.7 Å². The average Bonchev–Trinajstić information content (AvgIpc) is 3.07. The van der Waals surface area contributed by atoms with Crippen LogP contribution < -0.4 is 0 Å². The van der Waals surface area contributed by atoms with Crippen LogP contribution >= 0.6 is 0 Å². The Morgan fingerprint density at radius 3 is 2.62 bits per heavy atom. The van der Waals surface area contributed by atoms with Crippen molar-refractivity contribution in [1.29, 1.82) is 0 Å². The predicted octanol–water partition coefficient (Wildman–Crippen LogP) is 1.60. The van der Waals surface area contributed by atoms with E-state index >= 15 is 0 Å². The van der Waals surface area contributed by atoms with Crippen molar-refractivity contribution in [2.24, 2.45) is 0 Å². The van der Waals surface area contributed by atoms with Gasteiger partial charge in [0.05, 0.1) is 23.4 Å². The second-order valence-electron chi connectivity index (χ2n) is 5.92. The van der Waals surface area contributed by atoms with E-state index in [2.05, 4.69) is 9.97 Å². The van der Waals surface area contributed by atoms with Crippen LogP contribution in [0, 0.1) is 6.92 Å². The zero-order valence-corrected chi connectivity index (χ0v) is 14.2. The Kier molecular flexibility index (Phi) is 4.66. The number of amides is 1. The lowest BCUT2D eigenvalue weighted by Gasteiger charge is -2.31. The van der Waals surface area contributed by atoms with Crippen LogP contribution in [0.3, 0.4) is 0 Å².